The summed E-state index contributed by atoms with van der Waals surface area (Å²) in [6.07, 6.45) is 1.48. The van der Waals surface area contributed by atoms with Crippen molar-refractivity contribution in [3.8, 4) is 0 Å². The van der Waals surface area contributed by atoms with Gasteiger partial charge in [0.05, 0.1) is 19.9 Å². The van der Waals surface area contributed by atoms with Crippen molar-refractivity contribution in [3.63, 3.8) is 0 Å². The average molecular weight is 400 g/mol. The molecule has 3 aromatic rings. The second kappa shape index (κ2) is 9.05. The average Bonchev–Trinajstić information content (AvgIpc) is 3.19. The van der Waals surface area contributed by atoms with E-state index in [1.54, 1.807) is 0 Å². The molecule has 150 valence electrons. The van der Waals surface area contributed by atoms with Crippen molar-refractivity contribution in [3.05, 3.63) is 83.2 Å². The van der Waals surface area contributed by atoms with E-state index in [2.05, 4.69) is 15.6 Å². The van der Waals surface area contributed by atoms with Crippen LogP contribution in [0.2, 0.25) is 0 Å². The molecule has 0 saturated carbocycles. The molecule has 1 aromatic heterocycles. The quantitative estimate of drug-likeness (QED) is 0.614. The first-order chi connectivity index (χ1) is 14.0. The molecule has 9 heteroatoms. The van der Waals surface area contributed by atoms with Crippen molar-refractivity contribution in [2.45, 2.75) is 19.0 Å². The molecule has 29 heavy (non-hydrogen) atoms. The minimum atomic E-state index is -0.927. The Kier molecular flexibility index (Phi) is 6.28. The number of methoxy groups -OCH3 is 1. The van der Waals surface area contributed by atoms with Crippen molar-refractivity contribution in [2.75, 3.05) is 7.11 Å². The maximum atomic E-state index is 13.8. The minimum absolute atomic E-state index is 0.0938. The molecule has 0 aliphatic heterocycles. The molecule has 0 unspecified atom stereocenters. The van der Waals surface area contributed by atoms with E-state index < -0.39 is 29.6 Å². The van der Waals surface area contributed by atoms with Gasteiger partial charge in [-0.1, -0.05) is 41.6 Å². The van der Waals surface area contributed by atoms with Gasteiger partial charge in [-0.3, -0.25) is 4.79 Å². The van der Waals surface area contributed by atoms with Gasteiger partial charge in [-0.25, -0.2) is 18.3 Å². The molecular formula is C20H18F2N4O3. The fourth-order valence-corrected chi connectivity index (χ4v) is 2.74. The predicted octanol–water partition coefficient (Wildman–Crippen LogP) is 2.12. The number of halogens is 2. The summed E-state index contributed by atoms with van der Waals surface area (Å²) in [7, 11) is 1.23. The lowest BCUT2D eigenvalue weighted by Crippen LogP contribution is -2.43. The fourth-order valence-electron chi connectivity index (χ4n) is 2.74. The van der Waals surface area contributed by atoms with Crippen LogP contribution in [0.1, 0.15) is 21.6 Å². The number of nitrogens with one attached hydrogen (secondary N) is 1. The van der Waals surface area contributed by atoms with Crippen LogP contribution in [-0.4, -0.2) is 40.0 Å². The lowest BCUT2D eigenvalue weighted by molar-refractivity contribution is -0.142. The maximum Gasteiger partial charge on any atom is 0.328 e. The number of esters is 1. The maximum absolute atomic E-state index is 13.8. The van der Waals surface area contributed by atoms with E-state index in [0.717, 1.165) is 22.4 Å². The second-order valence-electron chi connectivity index (χ2n) is 6.24. The number of rotatable bonds is 7. The molecule has 0 fully saturated rings. The van der Waals surface area contributed by atoms with Crippen LogP contribution in [-0.2, 0) is 22.5 Å². The van der Waals surface area contributed by atoms with Gasteiger partial charge in [0.25, 0.3) is 5.91 Å². The van der Waals surface area contributed by atoms with Gasteiger partial charge < -0.3 is 10.1 Å². The molecule has 1 heterocycles. The summed E-state index contributed by atoms with van der Waals surface area (Å²) in [5.74, 6) is -2.71. The SMILES string of the molecule is COC(=O)[C@H](Cc1ccccc1)NC(=O)c1cn(Cc2c(F)cccc2F)nn1. The monoisotopic (exact) mass is 400 g/mol. The van der Waals surface area contributed by atoms with Crippen LogP contribution >= 0.6 is 0 Å². The van der Waals surface area contributed by atoms with Crippen molar-refractivity contribution in [1.29, 1.82) is 0 Å². The van der Waals surface area contributed by atoms with Gasteiger partial charge in [0.2, 0.25) is 0 Å². The smallest absolute Gasteiger partial charge is 0.328 e. The Balaban J connectivity index is 1.71. The Morgan fingerprint density at radius 2 is 1.79 bits per heavy atom. The molecule has 0 spiro atoms. The minimum Gasteiger partial charge on any atom is -0.467 e. The van der Waals surface area contributed by atoms with Gasteiger partial charge in [-0.05, 0) is 17.7 Å². The molecule has 1 amide bonds. The number of hydrogen-bond donors (Lipinski definition) is 1. The van der Waals surface area contributed by atoms with Crippen molar-refractivity contribution in [1.82, 2.24) is 20.3 Å². The molecular weight excluding hydrogens is 382 g/mol. The lowest BCUT2D eigenvalue weighted by atomic mass is 10.1. The van der Waals surface area contributed by atoms with Crippen molar-refractivity contribution < 1.29 is 23.1 Å². The Morgan fingerprint density at radius 1 is 1.10 bits per heavy atom. The summed E-state index contributed by atoms with van der Waals surface area (Å²) in [5, 5.41) is 10.0. The first kappa shape index (κ1) is 20.1. The van der Waals surface area contributed by atoms with Crippen LogP contribution in [0, 0.1) is 11.6 Å². The highest BCUT2D eigenvalue weighted by atomic mass is 19.1. The number of ether oxygens (including phenoxy) is 1. The van der Waals surface area contributed by atoms with Gasteiger partial charge >= 0.3 is 5.97 Å². The van der Waals surface area contributed by atoms with Crippen LogP contribution in [0.5, 0.6) is 0 Å². The highest BCUT2D eigenvalue weighted by molar-refractivity contribution is 5.94. The van der Waals surface area contributed by atoms with E-state index in [1.165, 1.54) is 19.4 Å². The van der Waals surface area contributed by atoms with Gasteiger partial charge in [0.15, 0.2) is 5.69 Å². The van der Waals surface area contributed by atoms with Crippen LogP contribution in [0.4, 0.5) is 8.78 Å². The van der Waals surface area contributed by atoms with Gasteiger partial charge in [0, 0.05) is 12.0 Å². The van der Waals surface area contributed by atoms with E-state index in [1.807, 2.05) is 30.3 Å². The van der Waals surface area contributed by atoms with Crippen LogP contribution in [0.25, 0.3) is 0 Å². The van der Waals surface area contributed by atoms with Gasteiger partial charge in [0.1, 0.15) is 17.7 Å². The summed E-state index contributed by atoms with van der Waals surface area (Å²) >= 11 is 0. The summed E-state index contributed by atoms with van der Waals surface area (Å²) in [6.45, 7) is -0.233. The molecule has 0 radical (unpaired) electrons. The number of hydrogen-bond acceptors (Lipinski definition) is 5. The third-order valence-corrected chi connectivity index (χ3v) is 4.23. The number of carbonyl (C=O) groups excluding carboxylic acids is 2. The Hall–Kier alpha value is -3.62. The zero-order chi connectivity index (χ0) is 20.8. The lowest BCUT2D eigenvalue weighted by Gasteiger charge is -2.15. The van der Waals surface area contributed by atoms with E-state index >= 15 is 0 Å². The Labute approximate surface area is 165 Å². The third-order valence-electron chi connectivity index (χ3n) is 4.23. The number of amides is 1. The number of benzene rings is 2. The predicted molar refractivity (Wildman–Crippen MR) is 98.9 cm³/mol. The van der Waals surface area contributed by atoms with Crippen LogP contribution in [0.15, 0.2) is 54.7 Å². The number of carbonyl (C=O) groups is 2. The summed E-state index contributed by atoms with van der Waals surface area (Å²) in [4.78, 5) is 24.5. The van der Waals surface area contributed by atoms with E-state index in [0.29, 0.717) is 0 Å². The molecule has 0 bridgehead atoms. The zero-order valence-electron chi connectivity index (χ0n) is 15.5. The van der Waals surface area contributed by atoms with Crippen molar-refractivity contribution in [2.24, 2.45) is 0 Å². The second-order valence-corrected chi connectivity index (χ2v) is 6.24. The highest BCUT2D eigenvalue weighted by Crippen LogP contribution is 2.13. The fraction of sp³-hybridized carbons (Fsp3) is 0.200. The molecule has 1 atom stereocenters. The van der Waals surface area contributed by atoms with Gasteiger partial charge in [-0.2, -0.15) is 0 Å². The van der Waals surface area contributed by atoms with Crippen molar-refractivity contribution >= 4 is 11.9 Å². The summed E-state index contributed by atoms with van der Waals surface area (Å²) in [6, 6.07) is 11.7. The summed E-state index contributed by atoms with van der Waals surface area (Å²) < 4.78 is 33.4. The molecule has 1 N–H and O–H groups in total. The largest absolute Gasteiger partial charge is 0.467 e. The van der Waals surface area contributed by atoms with E-state index in [4.69, 9.17) is 4.74 Å². The molecule has 7 nitrogen and oxygen atoms in total. The first-order valence-electron chi connectivity index (χ1n) is 8.73. The highest BCUT2D eigenvalue weighted by Gasteiger charge is 2.24. The Bertz CT molecular complexity index is 988. The molecule has 0 saturated heterocycles. The normalized spacial score (nSPS) is 11.7. The van der Waals surface area contributed by atoms with E-state index in [-0.39, 0.29) is 24.2 Å². The summed E-state index contributed by atoms with van der Waals surface area (Å²) in [5.41, 5.74) is 0.548. The standard InChI is InChI=1S/C20H18F2N4O3/c1-29-20(28)17(10-13-6-3-2-4-7-13)23-19(27)18-12-26(25-24-18)11-14-15(21)8-5-9-16(14)22/h2-9,12,17H,10-11H2,1H3,(H,23,27)/t17-/m0/s1. The topological polar surface area (TPSA) is 86.1 Å². The third kappa shape index (κ3) is 5.01. The molecule has 0 aliphatic rings. The Morgan fingerprint density at radius 3 is 2.45 bits per heavy atom. The zero-order valence-corrected chi connectivity index (χ0v) is 15.5. The first-order valence-corrected chi connectivity index (χ1v) is 8.73. The van der Waals surface area contributed by atoms with E-state index in [9.17, 15) is 18.4 Å². The molecule has 0 aliphatic carbocycles. The molecule has 3 rings (SSSR count). The van der Waals surface area contributed by atoms with Crippen LogP contribution < -0.4 is 5.32 Å². The molecule has 2 aromatic carbocycles. The number of aromatic nitrogens is 3. The number of nitrogens with zero attached hydrogens (tertiary/aromatic N) is 3. The van der Waals surface area contributed by atoms with Gasteiger partial charge in [-0.15, -0.1) is 5.10 Å². The van der Waals surface area contributed by atoms with Crippen LogP contribution in [0.3, 0.4) is 0 Å².